The Kier molecular flexibility index (Phi) is 5.19. The van der Waals surface area contributed by atoms with Gasteiger partial charge in [0.1, 0.15) is 5.82 Å². The quantitative estimate of drug-likeness (QED) is 0.630. The lowest BCUT2D eigenvalue weighted by Crippen LogP contribution is -2.28. The van der Waals surface area contributed by atoms with Crippen molar-refractivity contribution in [2.24, 2.45) is 5.14 Å². The minimum Gasteiger partial charge on any atom is -0.349 e. The first-order valence-corrected chi connectivity index (χ1v) is 11.9. The van der Waals surface area contributed by atoms with Gasteiger partial charge in [-0.3, -0.25) is 4.79 Å². The second kappa shape index (κ2) is 7.49. The van der Waals surface area contributed by atoms with Crippen LogP contribution in [-0.4, -0.2) is 34.8 Å². The predicted octanol–water partition coefficient (Wildman–Crippen LogP) is 2.11. The zero-order chi connectivity index (χ0) is 19.9. The molecule has 1 heterocycles. The lowest BCUT2D eigenvalue weighted by molar-refractivity contribution is -0.119. The van der Waals surface area contributed by atoms with Crippen LogP contribution in [0.15, 0.2) is 34.3 Å². The molecule has 0 bridgehead atoms. The molecule has 2 fully saturated rings. The van der Waals surface area contributed by atoms with Gasteiger partial charge in [0.25, 0.3) is 0 Å². The van der Waals surface area contributed by atoms with Crippen molar-refractivity contribution in [1.82, 2.24) is 20.1 Å². The molecule has 150 valence electrons. The van der Waals surface area contributed by atoms with E-state index in [-0.39, 0.29) is 22.6 Å². The fourth-order valence-corrected chi connectivity index (χ4v) is 4.46. The number of benzene rings is 1. The van der Waals surface area contributed by atoms with Gasteiger partial charge in [0.05, 0.1) is 16.7 Å². The molecule has 2 aliphatic rings. The van der Waals surface area contributed by atoms with Gasteiger partial charge in [-0.15, -0.1) is 10.2 Å². The van der Waals surface area contributed by atoms with Crippen LogP contribution in [0.25, 0.3) is 0 Å². The Morgan fingerprint density at radius 1 is 1.25 bits per heavy atom. The molecule has 2 saturated carbocycles. The first-order chi connectivity index (χ1) is 13.3. The van der Waals surface area contributed by atoms with E-state index in [9.17, 15) is 13.2 Å². The first-order valence-electron chi connectivity index (χ1n) is 9.32. The van der Waals surface area contributed by atoms with E-state index in [0.29, 0.717) is 12.0 Å². The van der Waals surface area contributed by atoms with Gasteiger partial charge in [-0.2, -0.15) is 0 Å². The molecule has 8 nitrogen and oxygen atoms in total. The van der Waals surface area contributed by atoms with E-state index in [4.69, 9.17) is 5.14 Å². The number of nitrogens with two attached hydrogens (primary N) is 1. The van der Waals surface area contributed by atoms with Gasteiger partial charge in [0.15, 0.2) is 5.16 Å². The fraction of sp³-hybridized carbons (Fsp3) is 0.500. The van der Waals surface area contributed by atoms with Crippen LogP contribution >= 0.6 is 11.8 Å². The van der Waals surface area contributed by atoms with Gasteiger partial charge < -0.3 is 9.88 Å². The SMILES string of the molecule is C[C@@H](NC(=O)CSc1nnc(C2CC2)n1C1CC1)c1ccc(S(N)(=O)=O)cc1. The molecule has 10 heteroatoms. The van der Waals surface area contributed by atoms with Crippen LogP contribution in [0.2, 0.25) is 0 Å². The van der Waals surface area contributed by atoms with E-state index >= 15 is 0 Å². The molecule has 0 spiro atoms. The zero-order valence-corrected chi connectivity index (χ0v) is 17.2. The molecule has 2 aromatic rings. The molecule has 0 saturated heterocycles. The van der Waals surface area contributed by atoms with Crippen LogP contribution in [0, 0.1) is 0 Å². The molecule has 0 aliphatic heterocycles. The molecular weight excluding hydrogens is 398 g/mol. The van der Waals surface area contributed by atoms with Crippen molar-refractivity contribution < 1.29 is 13.2 Å². The summed E-state index contributed by atoms with van der Waals surface area (Å²) < 4.78 is 24.9. The number of primary sulfonamides is 1. The van der Waals surface area contributed by atoms with E-state index in [0.717, 1.165) is 29.4 Å². The highest BCUT2D eigenvalue weighted by molar-refractivity contribution is 7.99. The summed E-state index contributed by atoms with van der Waals surface area (Å²) in [6, 6.07) is 6.45. The number of thioether (sulfide) groups is 1. The average molecular weight is 422 g/mol. The Morgan fingerprint density at radius 2 is 1.93 bits per heavy atom. The van der Waals surface area contributed by atoms with E-state index in [1.807, 2.05) is 6.92 Å². The fourth-order valence-electron chi connectivity index (χ4n) is 3.13. The van der Waals surface area contributed by atoms with Crippen LogP contribution in [0.5, 0.6) is 0 Å². The third-order valence-electron chi connectivity index (χ3n) is 4.96. The second-order valence-electron chi connectivity index (χ2n) is 7.41. The monoisotopic (exact) mass is 421 g/mol. The standard InChI is InChI=1S/C18H23N5O3S2/c1-11(12-4-8-15(9-5-12)28(19,25)26)20-16(24)10-27-18-22-21-17(13-2-3-13)23(18)14-6-7-14/h4-5,8-9,11,13-14H,2-3,6-7,10H2,1H3,(H,20,24)(H2,19,25,26)/t11-/m1/s1. The Balaban J connectivity index is 1.35. The predicted molar refractivity (Wildman–Crippen MR) is 105 cm³/mol. The topological polar surface area (TPSA) is 120 Å². The Labute approximate surface area is 168 Å². The molecule has 1 amide bonds. The van der Waals surface area contributed by atoms with Crippen molar-refractivity contribution in [3.63, 3.8) is 0 Å². The molecule has 3 N–H and O–H groups in total. The van der Waals surface area contributed by atoms with Crippen molar-refractivity contribution in [2.75, 3.05) is 5.75 Å². The lowest BCUT2D eigenvalue weighted by atomic mass is 10.1. The number of rotatable bonds is 8. The number of aromatic nitrogens is 3. The van der Waals surface area contributed by atoms with E-state index in [2.05, 4.69) is 20.1 Å². The third kappa shape index (κ3) is 4.39. The third-order valence-corrected chi connectivity index (χ3v) is 6.84. The summed E-state index contributed by atoms with van der Waals surface area (Å²) >= 11 is 1.41. The van der Waals surface area contributed by atoms with Gasteiger partial charge in [-0.25, -0.2) is 13.6 Å². The number of amides is 1. The van der Waals surface area contributed by atoms with Crippen molar-refractivity contribution in [3.05, 3.63) is 35.7 Å². The molecular formula is C18H23N5O3S2. The zero-order valence-electron chi connectivity index (χ0n) is 15.5. The molecule has 1 aromatic heterocycles. The number of sulfonamides is 1. The summed E-state index contributed by atoms with van der Waals surface area (Å²) in [5.41, 5.74) is 0.808. The largest absolute Gasteiger partial charge is 0.349 e. The van der Waals surface area contributed by atoms with Gasteiger partial charge in [0, 0.05) is 12.0 Å². The molecule has 28 heavy (non-hydrogen) atoms. The molecule has 4 rings (SSSR count). The van der Waals surface area contributed by atoms with E-state index in [1.165, 1.54) is 36.7 Å². The van der Waals surface area contributed by atoms with Crippen LogP contribution in [0.3, 0.4) is 0 Å². The number of nitrogens with zero attached hydrogens (tertiary/aromatic N) is 3. The number of hydrogen-bond donors (Lipinski definition) is 2. The van der Waals surface area contributed by atoms with Gasteiger partial charge in [-0.1, -0.05) is 23.9 Å². The normalized spacial score (nSPS) is 18.1. The highest BCUT2D eigenvalue weighted by Crippen LogP contribution is 2.45. The Bertz CT molecular complexity index is 979. The van der Waals surface area contributed by atoms with Gasteiger partial charge >= 0.3 is 0 Å². The summed E-state index contributed by atoms with van der Waals surface area (Å²) in [6.07, 6.45) is 4.67. The molecule has 0 unspecified atom stereocenters. The van der Waals surface area contributed by atoms with E-state index in [1.54, 1.807) is 12.1 Å². The number of carbonyl (C=O) groups excluding carboxylic acids is 1. The Hall–Kier alpha value is -1.91. The maximum Gasteiger partial charge on any atom is 0.238 e. The molecule has 0 radical (unpaired) electrons. The van der Waals surface area contributed by atoms with Gasteiger partial charge in [-0.05, 0) is 50.3 Å². The Morgan fingerprint density at radius 3 is 2.50 bits per heavy atom. The minimum absolute atomic E-state index is 0.0520. The molecule has 1 atom stereocenters. The summed E-state index contributed by atoms with van der Waals surface area (Å²) in [6.45, 7) is 1.85. The second-order valence-corrected chi connectivity index (χ2v) is 9.91. The molecule has 2 aliphatic carbocycles. The van der Waals surface area contributed by atoms with E-state index < -0.39 is 10.0 Å². The lowest BCUT2D eigenvalue weighted by Gasteiger charge is -2.15. The summed E-state index contributed by atoms with van der Waals surface area (Å²) in [7, 11) is -3.72. The average Bonchev–Trinajstić information content (AvgIpc) is 3.58. The van der Waals surface area contributed by atoms with Gasteiger partial charge in [0.2, 0.25) is 15.9 Å². The number of hydrogen-bond acceptors (Lipinski definition) is 6. The van der Waals surface area contributed by atoms with Crippen LogP contribution < -0.4 is 10.5 Å². The number of nitrogens with one attached hydrogen (secondary N) is 1. The summed E-state index contributed by atoms with van der Waals surface area (Å²) in [5.74, 6) is 1.77. The minimum atomic E-state index is -3.72. The van der Waals surface area contributed by atoms with Crippen LogP contribution in [0.1, 0.15) is 62.0 Å². The first kappa shape index (κ1) is 19.4. The summed E-state index contributed by atoms with van der Waals surface area (Å²) in [5, 5.41) is 17.5. The maximum atomic E-state index is 12.4. The summed E-state index contributed by atoms with van der Waals surface area (Å²) in [4.78, 5) is 12.4. The van der Waals surface area contributed by atoms with Crippen molar-refractivity contribution in [3.8, 4) is 0 Å². The van der Waals surface area contributed by atoms with Crippen molar-refractivity contribution >= 4 is 27.7 Å². The highest BCUT2D eigenvalue weighted by Gasteiger charge is 2.36. The maximum absolute atomic E-state index is 12.4. The van der Waals surface area contributed by atoms with Crippen molar-refractivity contribution in [1.29, 1.82) is 0 Å². The smallest absolute Gasteiger partial charge is 0.238 e. The van der Waals surface area contributed by atoms with Crippen molar-refractivity contribution in [2.45, 2.75) is 60.7 Å². The van der Waals surface area contributed by atoms with Crippen LogP contribution in [-0.2, 0) is 14.8 Å². The highest BCUT2D eigenvalue weighted by atomic mass is 32.2. The molecule has 1 aromatic carbocycles. The van der Waals surface area contributed by atoms with Crippen LogP contribution in [0.4, 0.5) is 0 Å². The number of carbonyl (C=O) groups is 1.